The molecule has 0 saturated carbocycles. The van der Waals surface area contributed by atoms with Crippen molar-refractivity contribution in [1.82, 2.24) is 0 Å². The van der Waals surface area contributed by atoms with Crippen molar-refractivity contribution in [2.75, 3.05) is 0 Å². The number of nitrogens with two attached hydrogens (primary N) is 1. The van der Waals surface area contributed by atoms with Gasteiger partial charge in [-0.2, -0.15) is 20.5 Å². The lowest BCUT2D eigenvalue weighted by atomic mass is 10.0. The van der Waals surface area contributed by atoms with E-state index in [1.54, 1.807) is 12.1 Å². The second-order valence-corrected chi connectivity index (χ2v) is 13.0. The number of alkyl halides is 2. The van der Waals surface area contributed by atoms with Crippen molar-refractivity contribution in [2.24, 2.45) is 5.14 Å². The minimum absolute atomic E-state index is 0.00658. The highest BCUT2D eigenvalue weighted by Crippen LogP contribution is 2.54. The molecule has 0 aliphatic rings. The molecule has 6 nitrogen and oxygen atoms in total. The number of hydrogen-bond donors (Lipinski definition) is 1. The van der Waals surface area contributed by atoms with Crippen LogP contribution in [0.2, 0.25) is 0 Å². The Hall–Kier alpha value is -1.11. The van der Waals surface area contributed by atoms with Crippen LogP contribution in [0.3, 0.4) is 0 Å². The minimum Gasteiger partial charge on any atom is -0.806 e. The highest BCUT2D eigenvalue weighted by molar-refractivity contribution is 9.10. The van der Waals surface area contributed by atoms with E-state index in [-0.39, 0.29) is 9.37 Å². The third-order valence-corrected chi connectivity index (χ3v) is 9.33. The van der Waals surface area contributed by atoms with Crippen molar-refractivity contribution in [3.63, 3.8) is 0 Å². The van der Waals surface area contributed by atoms with E-state index in [0.717, 1.165) is 17.2 Å². The van der Waals surface area contributed by atoms with Gasteiger partial charge in [0.15, 0.2) is 0 Å². The van der Waals surface area contributed by atoms with Gasteiger partial charge in [0, 0.05) is 33.6 Å². The molecule has 3 aromatic rings. The highest BCUT2D eigenvalue weighted by atomic mass is 79.9. The summed E-state index contributed by atoms with van der Waals surface area (Å²) in [6.07, 6.45) is 0. The van der Waals surface area contributed by atoms with Crippen molar-refractivity contribution < 1.29 is 31.6 Å². The van der Waals surface area contributed by atoms with Crippen molar-refractivity contribution in [1.29, 1.82) is 0 Å². The fourth-order valence-electron chi connectivity index (χ4n) is 3.02. The fourth-order valence-corrected chi connectivity index (χ4v) is 6.84. The molecule has 182 valence electrons. The van der Waals surface area contributed by atoms with Crippen LogP contribution in [0.5, 0.6) is 0 Å². The number of halogens is 4. The quantitative estimate of drug-likeness (QED) is 0.344. The van der Waals surface area contributed by atoms with Crippen LogP contribution >= 0.6 is 51.2 Å². The summed E-state index contributed by atoms with van der Waals surface area (Å²) >= 11 is 7.62. The Morgan fingerprint density at radius 2 is 1.44 bits per heavy atom. The lowest BCUT2D eigenvalue weighted by molar-refractivity contribution is -0.335. The Morgan fingerprint density at radius 1 is 0.882 bits per heavy atom. The van der Waals surface area contributed by atoms with Gasteiger partial charge in [-0.05, 0) is 56.4 Å². The van der Waals surface area contributed by atoms with Crippen LogP contribution in [0.15, 0.2) is 74.5 Å². The number of thioether (sulfide) groups is 1. The second kappa shape index (κ2) is 10.5. The number of rotatable bonds is 8. The summed E-state index contributed by atoms with van der Waals surface area (Å²) in [6.45, 7) is 0. The van der Waals surface area contributed by atoms with E-state index >= 15 is 0 Å². The molecule has 0 bridgehead atoms. The minimum atomic E-state index is -6.14. The molecule has 0 aliphatic heterocycles. The third-order valence-electron chi connectivity index (χ3n) is 4.76. The zero-order valence-corrected chi connectivity index (χ0v) is 22.8. The largest absolute Gasteiger partial charge is 0.806 e. The summed E-state index contributed by atoms with van der Waals surface area (Å²) < 4.78 is 62.2. The molecule has 0 spiro atoms. The van der Waals surface area contributed by atoms with Gasteiger partial charge >= 0.3 is 0 Å². The van der Waals surface area contributed by atoms with E-state index in [4.69, 9.17) is 5.14 Å². The molecule has 0 fully saturated rings. The Morgan fingerprint density at radius 3 is 2.00 bits per heavy atom. The maximum Gasteiger partial charge on any atom is 0.297 e. The molecule has 34 heavy (non-hydrogen) atoms. The summed E-state index contributed by atoms with van der Waals surface area (Å²) in [5, 5.41) is 5.25. The van der Waals surface area contributed by atoms with E-state index < -0.39 is 28.8 Å². The molecule has 0 radical (unpaired) electrons. The van der Waals surface area contributed by atoms with E-state index in [1.165, 1.54) is 30.0 Å². The van der Waals surface area contributed by atoms with Crippen LogP contribution in [0.4, 0.5) is 8.78 Å². The van der Waals surface area contributed by atoms with Gasteiger partial charge < -0.3 is 14.4 Å². The van der Waals surface area contributed by atoms with Crippen LogP contribution in [0.1, 0.15) is 16.7 Å². The molecule has 3 aromatic carbocycles. The first-order valence-corrected chi connectivity index (χ1v) is 15.2. The Labute approximate surface area is 216 Å². The van der Waals surface area contributed by atoms with Crippen LogP contribution in [0.25, 0.3) is 11.1 Å². The first-order valence-electron chi connectivity index (χ1n) is 9.38. The van der Waals surface area contributed by atoms with Gasteiger partial charge in [-0.25, -0.2) is 13.6 Å². The van der Waals surface area contributed by atoms with E-state index in [2.05, 4.69) is 31.9 Å². The SMILES string of the molecule is NS(=O)(=O)c1cc(-c2ccc(CSCc3ccc(C(F)(F)P(=O)([O-])[O-])c(Br)c3)cc2)ccc1Br. The summed E-state index contributed by atoms with van der Waals surface area (Å²) in [4.78, 5) is 21.7. The number of sulfonamides is 1. The molecule has 0 aliphatic carbocycles. The van der Waals surface area contributed by atoms with Crippen molar-refractivity contribution in [3.05, 3.63) is 86.3 Å². The van der Waals surface area contributed by atoms with E-state index in [0.29, 0.717) is 27.1 Å². The van der Waals surface area contributed by atoms with Crippen LogP contribution in [-0.4, -0.2) is 8.42 Å². The molecule has 0 unspecified atom stereocenters. The van der Waals surface area contributed by atoms with E-state index in [9.17, 15) is 31.6 Å². The predicted molar refractivity (Wildman–Crippen MR) is 132 cm³/mol. The van der Waals surface area contributed by atoms with Gasteiger partial charge in [0.25, 0.3) is 5.66 Å². The molecule has 0 aromatic heterocycles. The van der Waals surface area contributed by atoms with Crippen LogP contribution < -0.4 is 14.9 Å². The normalized spacial score (nSPS) is 12.7. The van der Waals surface area contributed by atoms with E-state index in [1.807, 2.05) is 24.3 Å². The van der Waals surface area contributed by atoms with Crippen LogP contribution in [0, 0.1) is 0 Å². The molecule has 0 heterocycles. The summed E-state index contributed by atoms with van der Waals surface area (Å²) in [7, 11) is -10.0. The molecule has 0 saturated heterocycles. The average molecular weight is 655 g/mol. The lowest BCUT2D eigenvalue weighted by Gasteiger charge is -2.38. The third kappa shape index (κ3) is 6.36. The van der Waals surface area contributed by atoms with Crippen LogP contribution in [-0.2, 0) is 31.8 Å². The van der Waals surface area contributed by atoms with Crippen molar-refractivity contribution in [2.45, 2.75) is 22.1 Å². The Bertz CT molecular complexity index is 1370. The lowest BCUT2D eigenvalue weighted by Crippen LogP contribution is -2.30. The van der Waals surface area contributed by atoms with Gasteiger partial charge in [-0.3, -0.25) is 0 Å². The molecule has 0 atom stereocenters. The number of benzene rings is 3. The molecular weight excluding hydrogens is 639 g/mol. The van der Waals surface area contributed by atoms with Gasteiger partial charge in [-0.15, -0.1) is 0 Å². The zero-order valence-electron chi connectivity index (χ0n) is 17.1. The van der Waals surface area contributed by atoms with Gasteiger partial charge in [0.1, 0.15) is 0 Å². The molecule has 3 rings (SSSR count). The predicted octanol–water partition coefficient (Wildman–Crippen LogP) is 4.92. The molecule has 0 amide bonds. The van der Waals surface area contributed by atoms with Crippen molar-refractivity contribution >= 4 is 61.2 Å². The summed E-state index contributed by atoms with van der Waals surface area (Å²) in [5.41, 5.74) is -2.23. The summed E-state index contributed by atoms with van der Waals surface area (Å²) in [6, 6.07) is 16.0. The zero-order chi connectivity index (χ0) is 25.3. The topological polar surface area (TPSA) is 123 Å². The summed E-state index contributed by atoms with van der Waals surface area (Å²) in [5.74, 6) is 1.07. The number of hydrogen-bond acceptors (Lipinski definition) is 6. The number of primary sulfonamides is 1. The highest BCUT2D eigenvalue weighted by Gasteiger charge is 2.37. The average Bonchev–Trinajstić information content (AvgIpc) is 2.73. The smallest absolute Gasteiger partial charge is 0.297 e. The maximum absolute atomic E-state index is 13.8. The van der Waals surface area contributed by atoms with Gasteiger partial charge in [-0.1, -0.05) is 58.4 Å². The van der Waals surface area contributed by atoms with Gasteiger partial charge in [0.05, 0.1) is 4.90 Å². The van der Waals surface area contributed by atoms with Gasteiger partial charge in [0.2, 0.25) is 10.0 Å². The molecule has 13 heteroatoms. The second-order valence-electron chi connectivity index (χ2n) is 7.23. The first kappa shape index (κ1) is 27.5. The maximum atomic E-state index is 13.8. The first-order chi connectivity index (χ1) is 15.7. The van der Waals surface area contributed by atoms with Crippen molar-refractivity contribution in [3.8, 4) is 11.1 Å². The fraction of sp³-hybridized carbons (Fsp3) is 0.143. The Kier molecular flexibility index (Phi) is 8.47. The monoisotopic (exact) mass is 653 g/mol. The standard InChI is InChI=1S/C21H18Br2F2NO5PS2/c22-18-8-6-16(10-20(18)34(26,30)31)15-4-1-13(2-5-15)11-33-12-14-3-7-17(19(23)9-14)21(24,25)32(27,28)29/h1-10H,11-12H2,(H2,26,30,31)(H2,27,28,29)/p-2. The Balaban J connectivity index is 1.66. The molecule has 2 N–H and O–H groups in total. The molecular formula is C21H16Br2F2NO5PS2-2.